The predicted molar refractivity (Wildman–Crippen MR) is 294 cm³/mol. The standard InChI is InChI=1S/C61H120N2O5/c1-8-13-18-22-24-25-29-37-47-58(48-38-32-33-41-51-61(66)68-55-57(45-35-21-16-11-4)46-36-28-23-19-14-9-2)63(53-42-52-62(6)7)59(64)49-39-30-26-27-31-40-50-60(65)67-54-56(43-17-12-5)44-34-20-15-10-3/h56-58H,8-55H2,1-7H3. The Labute approximate surface area is 425 Å². The Balaban J connectivity index is 5.05. The van der Waals surface area contributed by atoms with Crippen molar-refractivity contribution in [2.45, 2.75) is 323 Å². The summed E-state index contributed by atoms with van der Waals surface area (Å²) in [6.45, 7) is 14.4. The molecule has 0 aliphatic rings. The summed E-state index contributed by atoms with van der Waals surface area (Å²) < 4.78 is 11.7. The minimum atomic E-state index is -0.0211. The fourth-order valence-corrected chi connectivity index (χ4v) is 10.1. The third-order valence-electron chi connectivity index (χ3n) is 14.7. The van der Waals surface area contributed by atoms with Crippen molar-refractivity contribution < 1.29 is 23.9 Å². The van der Waals surface area contributed by atoms with Gasteiger partial charge < -0.3 is 19.3 Å². The third kappa shape index (κ3) is 44.3. The Kier molecular flexibility index (Phi) is 50.5. The topological polar surface area (TPSA) is 76.2 Å². The van der Waals surface area contributed by atoms with Crippen LogP contribution in [0.1, 0.15) is 317 Å². The van der Waals surface area contributed by atoms with Crippen LogP contribution in [-0.4, -0.2) is 74.1 Å². The predicted octanol–water partition coefficient (Wildman–Crippen LogP) is 18.3. The van der Waals surface area contributed by atoms with Crippen molar-refractivity contribution >= 4 is 17.8 Å². The van der Waals surface area contributed by atoms with Crippen LogP contribution in [0.2, 0.25) is 0 Å². The molecule has 0 aromatic rings. The van der Waals surface area contributed by atoms with E-state index in [1.807, 2.05) is 0 Å². The normalized spacial score (nSPS) is 12.9. The number of nitrogens with zero attached hydrogens (tertiary/aromatic N) is 2. The van der Waals surface area contributed by atoms with Gasteiger partial charge in [-0.1, -0.05) is 234 Å². The molecule has 0 rings (SSSR count). The number of unbranched alkanes of at least 4 members (excludes halogenated alkanes) is 27. The van der Waals surface area contributed by atoms with Gasteiger partial charge in [0.15, 0.2) is 0 Å². The van der Waals surface area contributed by atoms with Crippen LogP contribution in [0, 0.1) is 11.8 Å². The molecular formula is C61H120N2O5. The zero-order valence-corrected chi connectivity index (χ0v) is 47.1. The Morgan fingerprint density at radius 2 is 0.647 bits per heavy atom. The van der Waals surface area contributed by atoms with E-state index in [0.29, 0.717) is 56.3 Å². The van der Waals surface area contributed by atoms with Gasteiger partial charge >= 0.3 is 11.9 Å². The van der Waals surface area contributed by atoms with Gasteiger partial charge in [0.1, 0.15) is 0 Å². The van der Waals surface area contributed by atoms with Crippen LogP contribution in [0.4, 0.5) is 0 Å². The maximum absolute atomic E-state index is 14.1. The fourth-order valence-electron chi connectivity index (χ4n) is 10.1. The van der Waals surface area contributed by atoms with E-state index >= 15 is 0 Å². The maximum atomic E-state index is 14.1. The lowest BCUT2D eigenvalue weighted by atomic mass is 9.95. The molecular weight excluding hydrogens is 841 g/mol. The Morgan fingerprint density at radius 1 is 0.338 bits per heavy atom. The molecule has 3 unspecified atom stereocenters. The number of amides is 1. The van der Waals surface area contributed by atoms with Gasteiger partial charge in [-0.25, -0.2) is 0 Å². The first-order chi connectivity index (χ1) is 33.2. The molecule has 68 heavy (non-hydrogen) atoms. The van der Waals surface area contributed by atoms with Crippen molar-refractivity contribution in [1.82, 2.24) is 9.80 Å². The molecule has 0 saturated carbocycles. The highest BCUT2D eigenvalue weighted by atomic mass is 16.5. The highest BCUT2D eigenvalue weighted by Gasteiger charge is 2.23. The third-order valence-corrected chi connectivity index (χ3v) is 14.7. The Bertz CT molecular complexity index is 1080. The molecule has 0 heterocycles. The van der Waals surface area contributed by atoms with Gasteiger partial charge in [-0.05, 0) is 96.7 Å². The second kappa shape index (κ2) is 51.7. The van der Waals surface area contributed by atoms with Gasteiger partial charge in [0, 0.05) is 31.8 Å². The van der Waals surface area contributed by atoms with Crippen LogP contribution < -0.4 is 0 Å². The van der Waals surface area contributed by atoms with Crippen LogP contribution in [0.5, 0.6) is 0 Å². The van der Waals surface area contributed by atoms with E-state index in [1.165, 1.54) is 180 Å². The van der Waals surface area contributed by atoms with Gasteiger partial charge in [-0.3, -0.25) is 14.4 Å². The van der Waals surface area contributed by atoms with E-state index in [2.05, 4.69) is 58.5 Å². The van der Waals surface area contributed by atoms with Crippen molar-refractivity contribution in [3.63, 3.8) is 0 Å². The van der Waals surface area contributed by atoms with Gasteiger partial charge in [-0.2, -0.15) is 0 Å². The highest BCUT2D eigenvalue weighted by molar-refractivity contribution is 5.76. The summed E-state index contributed by atoms with van der Waals surface area (Å²) >= 11 is 0. The van der Waals surface area contributed by atoms with Crippen molar-refractivity contribution in [3.05, 3.63) is 0 Å². The summed E-state index contributed by atoms with van der Waals surface area (Å²) in [5, 5.41) is 0. The number of esters is 2. The maximum Gasteiger partial charge on any atom is 0.305 e. The number of hydrogen-bond donors (Lipinski definition) is 0. The Morgan fingerprint density at radius 3 is 1.03 bits per heavy atom. The molecule has 0 radical (unpaired) electrons. The van der Waals surface area contributed by atoms with E-state index < -0.39 is 0 Å². The number of hydrogen-bond acceptors (Lipinski definition) is 6. The zero-order chi connectivity index (χ0) is 50.0. The molecule has 0 aromatic carbocycles. The summed E-state index contributed by atoms with van der Waals surface area (Å²) in [5.74, 6) is 1.35. The van der Waals surface area contributed by atoms with Crippen LogP contribution in [-0.2, 0) is 23.9 Å². The largest absolute Gasteiger partial charge is 0.465 e. The molecule has 0 spiro atoms. The number of ether oxygens (including phenoxy) is 2. The van der Waals surface area contributed by atoms with E-state index in [9.17, 15) is 14.4 Å². The monoisotopic (exact) mass is 961 g/mol. The number of carbonyl (C=O) groups is 3. The van der Waals surface area contributed by atoms with Gasteiger partial charge in [0.25, 0.3) is 0 Å². The number of rotatable bonds is 54. The first kappa shape index (κ1) is 66.4. The summed E-state index contributed by atoms with van der Waals surface area (Å²) in [5.41, 5.74) is 0. The lowest BCUT2D eigenvalue weighted by Gasteiger charge is -2.33. The molecule has 0 aliphatic carbocycles. The van der Waals surface area contributed by atoms with Gasteiger partial charge in [0.05, 0.1) is 13.2 Å². The SMILES string of the molecule is CCCCCCCCCCC(CCCCCCC(=O)OCC(CCCCCC)CCCCCCCC)N(CCCN(C)C)C(=O)CCCCCCCCC(=O)OCC(CCCC)CCCCCC. The molecule has 0 aromatic heterocycles. The van der Waals surface area contributed by atoms with Gasteiger partial charge in [0.2, 0.25) is 5.91 Å². The Hall–Kier alpha value is -1.63. The number of carbonyl (C=O) groups excluding carboxylic acids is 3. The lowest BCUT2D eigenvalue weighted by Crippen LogP contribution is -2.41. The molecule has 0 bridgehead atoms. The molecule has 3 atom stereocenters. The quantitative estimate of drug-likeness (QED) is 0.0447. The first-order valence-electron chi connectivity index (χ1n) is 30.5. The molecule has 7 heteroatoms. The summed E-state index contributed by atoms with van der Waals surface area (Å²) in [6.07, 6.45) is 51.0. The van der Waals surface area contributed by atoms with Crippen LogP contribution in [0.15, 0.2) is 0 Å². The molecule has 404 valence electrons. The average molecular weight is 962 g/mol. The minimum Gasteiger partial charge on any atom is -0.465 e. The lowest BCUT2D eigenvalue weighted by molar-refractivity contribution is -0.146. The van der Waals surface area contributed by atoms with E-state index in [0.717, 1.165) is 96.6 Å². The van der Waals surface area contributed by atoms with E-state index in [-0.39, 0.29) is 11.9 Å². The molecule has 1 amide bonds. The smallest absolute Gasteiger partial charge is 0.305 e. The molecule has 7 nitrogen and oxygen atoms in total. The molecule has 0 N–H and O–H groups in total. The summed E-state index contributed by atoms with van der Waals surface area (Å²) in [7, 11) is 4.26. The molecule has 0 saturated heterocycles. The van der Waals surface area contributed by atoms with Crippen molar-refractivity contribution in [2.75, 3.05) is 40.4 Å². The van der Waals surface area contributed by atoms with E-state index in [1.54, 1.807) is 0 Å². The van der Waals surface area contributed by atoms with Crippen molar-refractivity contribution in [2.24, 2.45) is 11.8 Å². The molecule has 0 fully saturated rings. The average Bonchev–Trinajstić information content (AvgIpc) is 3.33. The minimum absolute atomic E-state index is 0.00805. The second-order valence-electron chi connectivity index (χ2n) is 21.7. The van der Waals surface area contributed by atoms with Crippen molar-refractivity contribution in [3.8, 4) is 0 Å². The zero-order valence-electron chi connectivity index (χ0n) is 47.1. The van der Waals surface area contributed by atoms with Crippen molar-refractivity contribution in [1.29, 1.82) is 0 Å². The second-order valence-corrected chi connectivity index (χ2v) is 21.7. The summed E-state index contributed by atoms with van der Waals surface area (Å²) in [4.78, 5) is 44.1. The summed E-state index contributed by atoms with van der Waals surface area (Å²) in [6, 6.07) is 0.304. The highest BCUT2D eigenvalue weighted by Crippen LogP contribution is 2.24. The fraction of sp³-hybridized carbons (Fsp3) is 0.951. The van der Waals surface area contributed by atoms with E-state index in [4.69, 9.17) is 9.47 Å². The first-order valence-corrected chi connectivity index (χ1v) is 30.5. The molecule has 0 aliphatic heterocycles. The van der Waals surface area contributed by atoms with Gasteiger partial charge in [-0.15, -0.1) is 0 Å². The van der Waals surface area contributed by atoms with Crippen LogP contribution in [0.3, 0.4) is 0 Å². The van der Waals surface area contributed by atoms with Crippen LogP contribution >= 0.6 is 0 Å². The van der Waals surface area contributed by atoms with Crippen LogP contribution in [0.25, 0.3) is 0 Å².